The van der Waals surface area contributed by atoms with Crippen LogP contribution in [0, 0.1) is 17.3 Å². The molecule has 0 spiro atoms. The van der Waals surface area contributed by atoms with Crippen molar-refractivity contribution in [1.29, 1.82) is 0 Å². The lowest BCUT2D eigenvalue weighted by molar-refractivity contribution is -0.144. The molecule has 6 nitrogen and oxygen atoms in total. The van der Waals surface area contributed by atoms with Crippen molar-refractivity contribution in [2.24, 2.45) is 7.05 Å². The molecule has 0 bridgehead atoms. The van der Waals surface area contributed by atoms with Gasteiger partial charge in [0.05, 0.1) is 17.9 Å². The van der Waals surface area contributed by atoms with E-state index in [9.17, 15) is 27.9 Å². The van der Waals surface area contributed by atoms with Crippen LogP contribution in [-0.4, -0.2) is 34.5 Å². The molecule has 1 N–H and O–H groups in total. The summed E-state index contributed by atoms with van der Waals surface area (Å²) >= 11 is 0. The molecule has 0 radical (unpaired) electrons. The molecule has 172 valence electrons. The highest BCUT2D eigenvalue weighted by atomic mass is 28.3. The number of benzene rings is 1. The lowest BCUT2D eigenvalue weighted by Gasteiger charge is -2.20. The van der Waals surface area contributed by atoms with Crippen molar-refractivity contribution in [2.75, 3.05) is 6.61 Å². The fourth-order valence-electron chi connectivity index (χ4n) is 3.39. The van der Waals surface area contributed by atoms with Crippen molar-refractivity contribution >= 4 is 8.07 Å². The largest absolute Gasteiger partial charge is 0.483 e. The van der Waals surface area contributed by atoms with E-state index in [0.29, 0.717) is 4.57 Å². The lowest BCUT2D eigenvalue weighted by atomic mass is 9.97. The van der Waals surface area contributed by atoms with Crippen LogP contribution in [0.1, 0.15) is 23.7 Å². The predicted octanol–water partition coefficient (Wildman–Crippen LogP) is 2.61. The number of nitrogens with zero attached hydrogens (tertiary/aromatic N) is 2. The molecule has 1 unspecified atom stereocenters. The van der Waals surface area contributed by atoms with E-state index in [1.54, 1.807) is 6.92 Å². The second-order valence-electron chi connectivity index (χ2n) is 8.99. The molecule has 1 atom stereocenters. The number of hydrogen-bond donors (Lipinski definition) is 1. The minimum atomic E-state index is -4.94. The minimum absolute atomic E-state index is 0.0792. The lowest BCUT2D eigenvalue weighted by Crippen LogP contribution is -2.41. The van der Waals surface area contributed by atoms with E-state index in [0.717, 1.165) is 13.1 Å². The number of halogens is 4. The van der Waals surface area contributed by atoms with Crippen LogP contribution >= 0.6 is 0 Å². The molecule has 3 rings (SSSR count). The normalized spacial score (nSPS) is 18.1. The maximum Gasteiger partial charge on any atom is 0.431 e. The van der Waals surface area contributed by atoms with Crippen molar-refractivity contribution in [2.45, 2.75) is 44.8 Å². The Morgan fingerprint density at radius 3 is 2.41 bits per heavy atom. The van der Waals surface area contributed by atoms with Crippen LogP contribution in [0.3, 0.4) is 0 Å². The van der Waals surface area contributed by atoms with E-state index in [1.165, 1.54) is 0 Å². The first-order valence-corrected chi connectivity index (χ1v) is 13.2. The molecule has 0 aliphatic carbocycles. The molecule has 0 saturated carbocycles. The number of rotatable bonds is 2. The molecule has 2 aromatic rings. The predicted molar refractivity (Wildman–Crippen MR) is 112 cm³/mol. The molecular formula is C21H22F4N2O4Si. The van der Waals surface area contributed by atoms with Crippen LogP contribution in [0.5, 0.6) is 5.75 Å². The Morgan fingerprint density at radius 2 is 1.88 bits per heavy atom. The monoisotopic (exact) mass is 470 g/mol. The number of aliphatic hydroxyl groups is 1. The van der Waals surface area contributed by atoms with Crippen molar-refractivity contribution in [3.05, 3.63) is 55.6 Å². The standard InChI is InChI=1S/C21H22F4N2O4Si/c1-20(11-28)10-13-17(14(22)8-12(18(13)31-20)6-7-32(3,4)5)27-16(29)9-15(21(23,24)25)26(2)19(27)30/h8-9,28H,10-11H2,1-5H3. The average Bonchev–Trinajstić information content (AvgIpc) is 3.01. The van der Waals surface area contributed by atoms with E-state index >= 15 is 4.39 Å². The Labute approximate surface area is 182 Å². The van der Waals surface area contributed by atoms with Gasteiger partial charge in [0.2, 0.25) is 0 Å². The summed E-state index contributed by atoms with van der Waals surface area (Å²) in [5.74, 6) is 1.97. The Morgan fingerprint density at radius 1 is 1.25 bits per heavy atom. The van der Waals surface area contributed by atoms with Gasteiger partial charge < -0.3 is 9.84 Å². The van der Waals surface area contributed by atoms with Crippen molar-refractivity contribution < 1.29 is 27.4 Å². The van der Waals surface area contributed by atoms with Gasteiger partial charge in [-0.1, -0.05) is 25.6 Å². The smallest absolute Gasteiger partial charge is 0.431 e. The number of fused-ring (bicyclic) bond motifs is 1. The highest BCUT2D eigenvalue weighted by Gasteiger charge is 2.40. The van der Waals surface area contributed by atoms with E-state index in [2.05, 4.69) is 11.5 Å². The van der Waals surface area contributed by atoms with Gasteiger partial charge in [0.25, 0.3) is 5.56 Å². The number of aliphatic hydroxyl groups excluding tert-OH is 1. The van der Waals surface area contributed by atoms with Gasteiger partial charge in [0.1, 0.15) is 30.9 Å². The SMILES string of the molecule is Cn1c(C(F)(F)F)cc(=O)n(-c2c(F)cc(C#C[Si](C)(C)C)c3c2CC(C)(CO)O3)c1=O. The third-order valence-electron chi connectivity index (χ3n) is 4.94. The first-order valence-electron chi connectivity index (χ1n) is 9.67. The average molecular weight is 470 g/mol. The molecule has 0 fully saturated rings. The highest BCUT2D eigenvalue weighted by Crippen LogP contribution is 2.42. The van der Waals surface area contributed by atoms with Crippen molar-refractivity contribution in [3.63, 3.8) is 0 Å². The molecule has 1 aliphatic heterocycles. The molecular weight excluding hydrogens is 448 g/mol. The first kappa shape index (κ1) is 23.8. The van der Waals surface area contributed by atoms with Gasteiger partial charge in [-0.05, 0) is 13.0 Å². The summed E-state index contributed by atoms with van der Waals surface area (Å²) in [5, 5.41) is 9.75. The molecule has 1 aromatic heterocycles. The quantitative estimate of drug-likeness (QED) is 0.416. The summed E-state index contributed by atoms with van der Waals surface area (Å²) < 4.78 is 61.3. The first-order chi connectivity index (χ1) is 14.6. The highest BCUT2D eigenvalue weighted by molar-refractivity contribution is 6.83. The Hall–Kier alpha value is -2.84. The molecule has 11 heteroatoms. The van der Waals surface area contributed by atoms with Crippen molar-refractivity contribution in [1.82, 2.24) is 9.13 Å². The third kappa shape index (κ3) is 4.25. The van der Waals surface area contributed by atoms with Crippen LogP contribution in [0.25, 0.3) is 5.69 Å². The number of hydrogen-bond acceptors (Lipinski definition) is 4. The summed E-state index contributed by atoms with van der Waals surface area (Å²) in [7, 11) is -1.02. The van der Waals surface area contributed by atoms with Crippen LogP contribution < -0.4 is 16.0 Å². The fourth-order valence-corrected chi connectivity index (χ4v) is 3.90. The Bertz CT molecular complexity index is 1280. The Balaban J connectivity index is 2.37. The van der Waals surface area contributed by atoms with Gasteiger partial charge >= 0.3 is 11.9 Å². The van der Waals surface area contributed by atoms with Gasteiger partial charge in [-0.15, -0.1) is 5.54 Å². The summed E-state index contributed by atoms with van der Waals surface area (Å²) in [6, 6.07) is 1.24. The summed E-state index contributed by atoms with van der Waals surface area (Å²) in [4.78, 5) is 25.3. The van der Waals surface area contributed by atoms with Gasteiger partial charge in [-0.25, -0.2) is 13.8 Å². The van der Waals surface area contributed by atoms with Crippen LogP contribution in [-0.2, 0) is 19.6 Å². The minimum Gasteiger partial charge on any atom is -0.483 e. The third-order valence-corrected chi connectivity index (χ3v) is 5.82. The summed E-state index contributed by atoms with van der Waals surface area (Å²) in [5.41, 5.74) is -2.49. The molecule has 1 aromatic carbocycles. The van der Waals surface area contributed by atoms with Gasteiger partial charge in [-0.3, -0.25) is 9.36 Å². The zero-order chi connectivity index (χ0) is 24.2. The van der Waals surface area contributed by atoms with Crippen LogP contribution in [0.2, 0.25) is 19.6 Å². The van der Waals surface area contributed by atoms with Gasteiger partial charge in [-0.2, -0.15) is 13.2 Å². The molecule has 32 heavy (non-hydrogen) atoms. The summed E-state index contributed by atoms with van der Waals surface area (Å²) in [6.07, 6.45) is -5.02. The zero-order valence-corrected chi connectivity index (χ0v) is 19.1. The summed E-state index contributed by atoms with van der Waals surface area (Å²) in [6.45, 7) is 7.04. The molecule has 1 aliphatic rings. The van der Waals surface area contributed by atoms with E-state index in [4.69, 9.17) is 4.74 Å². The number of aromatic nitrogens is 2. The second-order valence-corrected chi connectivity index (χ2v) is 13.7. The molecule has 0 saturated heterocycles. The number of ether oxygens (including phenoxy) is 1. The number of alkyl halides is 3. The fraction of sp³-hybridized carbons (Fsp3) is 0.429. The topological polar surface area (TPSA) is 73.5 Å². The van der Waals surface area contributed by atoms with E-state index in [1.807, 2.05) is 19.6 Å². The van der Waals surface area contributed by atoms with E-state index < -0.39 is 54.9 Å². The molecule has 2 heterocycles. The van der Waals surface area contributed by atoms with Gasteiger partial charge in [0, 0.05) is 25.1 Å². The van der Waals surface area contributed by atoms with E-state index in [-0.39, 0.29) is 33.9 Å². The maximum atomic E-state index is 15.3. The van der Waals surface area contributed by atoms with Crippen LogP contribution in [0.4, 0.5) is 17.6 Å². The molecule has 0 amide bonds. The zero-order valence-electron chi connectivity index (χ0n) is 18.1. The van der Waals surface area contributed by atoms with Crippen LogP contribution in [0.15, 0.2) is 21.7 Å². The maximum absolute atomic E-state index is 15.3. The second kappa shape index (κ2) is 7.63. The Kier molecular flexibility index (Phi) is 5.68. The van der Waals surface area contributed by atoms with Gasteiger partial charge in [0.15, 0.2) is 0 Å². The van der Waals surface area contributed by atoms with Crippen molar-refractivity contribution in [3.8, 4) is 22.9 Å².